The molecular weight excluding hydrogens is 501 g/mol. The number of methoxy groups -OCH3 is 1. The summed E-state index contributed by atoms with van der Waals surface area (Å²) in [6.45, 7) is 7.14. The number of carbonyl (C=O) groups is 2. The van der Waals surface area contributed by atoms with Crippen molar-refractivity contribution in [3.63, 3.8) is 0 Å². The SMILES string of the molecule is COC1(c2ccc(C(=O)N3CCC(Oc4ccc(C(F)(F)F)cc4)CC3)cc2)CN(C(=O)OC(C)(C)C)C1. The molecule has 0 unspecified atom stereocenters. The van der Waals surface area contributed by atoms with Crippen LogP contribution in [0.1, 0.15) is 55.1 Å². The molecule has 0 aliphatic carbocycles. The standard InChI is InChI=1S/C28H33F3N2O5/c1-26(2,3)38-25(35)33-17-27(18-33,36-4)20-7-5-19(6-8-20)24(34)32-15-13-23(14-16-32)37-22-11-9-21(10-12-22)28(29,30)31/h5-12,23H,13-18H2,1-4H3. The number of alkyl halides is 3. The molecule has 2 aliphatic heterocycles. The third-order valence-electron chi connectivity index (χ3n) is 6.81. The lowest BCUT2D eigenvalue weighted by atomic mass is 9.85. The maximum atomic E-state index is 13.1. The number of rotatable bonds is 5. The third-order valence-corrected chi connectivity index (χ3v) is 6.81. The second-order valence-electron chi connectivity index (χ2n) is 10.7. The van der Waals surface area contributed by atoms with Crippen LogP contribution in [0.25, 0.3) is 0 Å². The van der Waals surface area contributed by atoms with E-state index in [0.29, 0.717) is 50.3 Å². The van der Waals surface area contributed by atoms with E-state index in [1.165, 1.54) is 12.1 Å². The average Bonchev–Trinajstić information content (AvgIpc) is 2.83. The van der Waals surface area contributed by atoms with Crippen molar-refractivity contribution in [3.05, 3.63) is 65.2 Å². The van der Waals surface area contributed by atoms with Crippen LogP contribution in [0.4, 0.5) is 18.0 Å². The second kappa shape index (κ2) is 10.5. The first-order valence-electron chi connectivity index (χ1n) is 12.6. The number of halogens is 3. The summed E-state index contributed by atoms with van der Waals surface area (Å²) in [5.74, 6) is 0.284. The van der Waals surface area contributed by atoms with Gasteiger partial charge in [-0.15, -0.1) is 0 Å². The molecule has 2 amide bonds. The molecule has 7 nitrogen and oxygen atoms in total. The van der Waals surface area contributed by atoms with E-state index in [4.69, 9.17) is 14.2 Å². The summed E-state index contributed by atoms with van der Waals surface area (Å²) in [5.41, 5.74) is -0.518. The zero-order valence-electron chi connectivity index (χ0n) is 22.0. The van der Waals surface area contributed by atoms with Gasteiger partial charge in [-0.05, 0) is 62.7 Å². The van der Waals surface area contributed by atoms with Gasteiger partial charge in [0.2, 0.25) is 0 Å². The van der Waals surface area contributed by atoms with Crippen molar-refractivity contribution >= 4 is 12.0 Å². The van der Waals surface area contributed by atoms with Crippen LogP contribution in [0.5, 0.6) is 5.75 Å². The van der Waals surface area contributed by atoms with Gasteiger partial charge in [-0.2, -0.15) is 13.2 Å². The highest BCUT2D eigenvalue weighted by Crippen LogP contribution is 2.36. The Balaban J connectivity index is 1.29. The van der Waals surface area contributed by atoms with Crippen molar-refractivity contribution in [1.82, 2.24) is 9.80 Å². The fourth-order valence-electron chi connectivity index (χ4n) is 4.65. The predicted molar refractivity (Wildman–Crippen MR) is 134 cm³/mol. The summed E-state index contributed by atoms with van der Waals surface area (Å²) in [7, 11) is 1.60. The van der Waals surface area contributed by atoms with Gasteiger partial charge in [0.25, 0.3) is 5.91 Å². The van der Waals surface area contributed by atoms with Gasteiger partial charge in [-0.25, -0.2) is 4.79 Å². The topological polar surface area (TPSA) is 68.3 Å². The molecule has 0 saturated carbocycles. The molecule has 2 aliphatic rings. The van der Waals surface area contributed by atoms with Crippen molar-refractivity contribution in [2.45, 2.75) is 57.1 Å². The first-order valence-corrected chi connectivity index (χ1v) is 12.6. The molecule has 2 aromatic rings. The molecular formula is C28H33F3N2O5. The van der Waals surface area contributed by atoms with Crippen molar-refractivity contribution in [2.24, 2.45) is 0 Å². The lowest BCUT2D eigenvalue weighted by molar-refractivity contribution is -0.137. The van der Waals surface area contributed by atoms with E-state index in [9.17, 15) is 22.8 Å². The molecule has 4 rings (SSSR count). The maximum absolute atomic E-state index is 13.1. The number of hydrogen-bond acceptors (Lipinski definition) is 5. The van der Waals surface area contributed by atoms with Gasteiger partial charge >= 0.3 is 12.3 Å². The highest BCUT2D eigenvalue weighted by atomic mass is 19.4. The molecule has 0 bridgehead atoms. The van der Waals surface area contributed by atoms with E-state index in [1.54, 1.807) is 29.0 Å². The van der Waals surface area contributed by atoms with Gasteiger partial charge in [0.1, 0.15) is 23.1 Å². The Morgan fingerprint density at radius 2 is 1.47 bits per heavy atom. The minimum absolute atomic E-state index is 0.0972. The number of nitrogens with zero attached hydrogens (tertiary/aromatic N) is 2. The van der Waals surface area contributed by atoms with Crippen molar-refractivity contribution in [3.8, 4) is 5.75 Å². The zero-order valence-corrected chi connectivity index (χ0v) is 22.0. The molecule has 206 valence electrons. The first kappa shape index (κ1) is 27.8. The molecule has 2 aromatic carbocycles. The fraction of sp³-hybridized carbons (Fsp3) is 0.500. The number of hydrogen-bond donors (Lipinski definition) is 0. The number of carbonyl (C=O) groups excluding carboxylic acids is 2. The predicted octanol–water partition coefficient (Wildman–Crippen LogP) is 5.48. The molecule has 38 heavy (non-hydrogen) atoms. The highest BCUT2D eigenvalue weighted by molar-refractivity contribution is 5.94. The van der Waals surface area contributed by atoms with Crippen LogP contribution in [-0.4, -0.2) is 66.8 Å². The lowest BCUT2D eigenvalue weighted by Crippen LogP contribution is -2.62. The summed E-state index contributed by atoms with van der Waals surface area (Å²) in [5, 5.41) is 0. The third kappa shape index (κ3) is 6.23. The molecule has 2 heterocycles. The number of piperidine rings is 1. The van der Waals surface area contributed by atoms with E-state index in [1.807, 2.05) is 32.9 Å². The summed E-state index contributed by atoms with van der Waals surface area (Å²) in [6.07, 6.45) is -3.78. The summed E-state index contributed by atoms with van der Waals surface area (Å²) in [4.78, 5) is 28.7. The van der Waals surface area contributed by atoms with Crippen molar-refractivity contribution in [2.75, 3.05) is 33.3 Å². The molecule has 0 atom stereocenters. The Morgan fingerprint density at radius 3 is 1.97 bits per heavy atom. The van der Waals surface area contributed by atoms with Crippen LogP contribution in [-0.2, 0) is 21.3 Å². The minimum atomic E-state index is -4.38. The van der Waals surface area contributed by atoms with E-state index in [2.05, 4.69) is 0 Å². The smallest absolute Gasteiger partial charge is 0.416 e. The fourth-order valence-corrected chi connectivity index (χ4v) is 4.65. The van der Waals surface area contributed by atoms with E-state index in [-0.39, 0.29) is 18.1 Å². The monoisotopic (exact) mass is 534 g/mol. The normalized spacial score (nSPS) is 18.1. The van der Waals surface area contributed by atoms with Gasteiger partial charge in [-0.3, -0.25) is 4.79 Å². The Hall–Kier alpha value is -3.27. The molecule has 0 N–H and O–H groups in total. The Bertz CT molecular complexity index is 1130. The largest absolute Gasteiger partial charge is 0.490 e. The Kier molecular flexibility index (Phi) is 7.65. The van der Waals surface area contributed by atoms with Crippen LogP contribution in [0.15, 0.2) is 48.5 Å². The van der Waals surface area contributed by atoms with Gasteiger partial charge in [-0.1, -0.05) is 12.1 Å². The van der Waals surface area contributed by atoms with Crippen LogP contribution in [0, 0.1) is 0 Å². The molecule has 0 spiro atoms. The van der Waals surface area contributed by atoms with Gasteiger partial charge in [0.15, 0.2) is 0 Å². The van der Waals surface area contributed by atoms with E-state index in [0.717, 1.165) is 17.7 Å². The molecule has 0 radical (unpaired) electrons. The Labute approximate surface area is 220 Å². The van der Waals surface area contributed by atoms with Crippen LogP contribution in [0.3, 0.4) is 0 Å². The average molecular weight is 535 g/mol. The number of amides is 2. The summed E-state index contributed by atoms with van der Waals surface area (Å²) < 4.78 is 55.3. The summed E-state index contributed by atoms with van der Waals surface area (Å²) >= 11 is 0. The van der Waals surface area contributed by atoms with Crippen LogP contribution >= 0.6 is 0 Å². The maximum Gasteiger partial charge on any atom is 0.416 e. The zero-order chi connectivity index (χ0) is 27.7. The first-order chi connectivity index (χ1) is 17.8. The minimum Gasteiger partial charge on any atom is -0.490 e. The quantitative estimate of drug-likeness (QED) is 0.508. The van der Waals surface area contributed by atoms with Gasteiger partial charge in [0, 0.05) is 38.6 Å². The van der Waals surface area contributed by atoms with Gasteiger partial charge in [0.05, 0.1) is 18.7 Å². The van der Waals surface area contributed by atoms with Crippen LogP contribution < -0.4 is 4.74 Å². The van der Waals surface area contributed by atoms with Crippen LogP contribution in [0.2, 0.25) is 0 Å². The van der Waals surface area contributed by atoms with Crippen molar-refractivity contribution in [1.29, 1.82) is 0 Å². The van der Waals surface area contributed by atoms with Crippen molar-refractivity contribution < 1.29 is 37.0 Å². The van der Waals surface area contributed by atoms with E-state index >= 15 is 0 Å². The second-order valence-corrected chi connectivity index (χ2v) is 10.7. The van der Waals surface area contributed by atoms with Gasteiger partial charge < -0.3 is 24.0 Å². The lowest BCUT2D eigenvalue weighted by Gasteiger charge is -2.49. The number of benzene rings is 2. The Morgan fingerprint density at radius 1 is 0.895 bits per heavy atom. The molecule has 10 heteroatoms. The molecule has 2 fully saturated rings. The summed E-state index contributed by atoms with van der Waals surface area (Å²) in [6, 6.07) is 11.9. The number of ether oxygens (including phenoxy) is 3. The molecule has 0 aromatic heterocycles. The highest BCUT2D eigenvalue weighted by Gasteiger charge is 2.48. The number of likely N-dealkylation sites (tertiary alicyclic amines) is 2. The molecule has 2 saturated heterocycles. The van der Waals surface area contributed by atoms with E-state index < -0.39 is 22.9 Å².